The first-order valence-electron chi connectivity index (χ1n) is 14.1. The van der Waals surface area contributed by atoms with Crippen LogP contribution in [0.2, 0.25) is 0 Å². The number of nitrogens with zero attached hydrogens (tertiary/aromatic N) is 6. The van der Waals surface area contributed by atoms with Crippen LogP contribution < -0.4 is 14.7 Å². The third kappa shape index (κ3) is 6.75. The molecule has 0 radical (unpaired) electrons. The van der Waals surface area contributed by atoms with E-state index in [4.69, 9.17) is 4.74 Å². The summed E-state index contributed by atoms with van der Waals surface area (Å²) in [4.78, 5) is 25.7. The Labute approximate surface area is 254 Å². The van der Waals surface area contributed by atoms with E-state index in [0.29, 0.717) is 44.5 Å². The molecule has 3 aromatic rings. The van der Waals surface area contributed by atoms with E-state index in [0.717, 1.165) is 29.2 Å². The number of fused-ring (bicyclic) bond motifs is 1. The van der Waals surface area contributed by atoms with Crippen LogP contribution in [-0.2, 0) is 23.6 Å². The van der Waals surface area contributed by atoms with Gasteiger partial charge in [0.2, 0.25) is 5.95 Å². The normalized spacial score (nSPS) is 18.7. The van der Waals surface area contributed by atoms with E-state index < -0.39 is 41.7 Å². The monoisotopic (exact) mass is 634 g/mol. The molecule has 5 rings (SSSR count). The lowest BCUT2D eigenvalue weighted by atomic mass is 9.87. The van der Waals surface area contributed by atoms with Gasteiger partial charge in [0.1, 0.15) is 0 Å². The SMILES string of the molecule is CC[C@@H]1C[C@H](N(Cc2cc(C#N)cc(C(F)(F)F)c2)c2ncc(N3CCOCC3)cn2)c2cc(C(F)(F)F)ccc2N1C(=O)O. The lowest BCUT2D eigenvalue weighted by molar-refractivity contribution is -0.138. The van der Waals surface area contributed by atoms with Gasteiger partial charge < -0.3 is 19.6 Å². The summed E-state index contributed by atoms with van der Waals surface area (Å²) in [5, 5.41) is 19.5. The van der Waals surface area contributed by atoms with Gasteiger partial charge in [-0.25, -0.2) is 14.8 Å². The minimum atomic E-state index is -4.77. The van der Waals surface area contributed by atoms with Crippen LogP contribution >= 0.6 is 0 Å². The molecule has 1 saturated heterocycles. The fraction of sp³-hybridized carbons (Fsp3) is 0.400. The first-order valence-corrected chi connectivity index (χ1v) is 14.1. The number of hydrogen-bond donors (Lipinski definition) is 1. The van der Waals surface area contributed by atoms with Crippen LogP contribution in [0, 0.1) is 11.3 Å². The van der Waals surface area contributed by atoms with Crippen molar-refractivity contribution in [2.24, 2.45) is 0 Å². The fourth-order valence-electron chi connectivity index (χ4n) is 5.78. The number of morpholine rings is 1. The molecular formula is C30H28F6N6O3. The van der Waals surface area contributed by atoms with E-state index >= 15 is 0 Å². The number of benzene rings is 2. The standard InChI is InChI=1S/C30H28F6N6O3/c1-2-22-13-26(24-12-20(29(31,32)33)3-4-25(24)42(22)28(43)44)41(17-19-9-18(14-37)10-21(11-19)30(34,35)36)27-38-15-23(16-39-27)40-5-7-45-8-6-40/h3-4,9-12,15-16,22,26H,2,5-8,13,17H2,1H3,(H,43,44)/t22-,26+/m1/s1. The summed E-state index contributed by atoms with van der Waals surface area (Å²) >= 11 is 0. The molecule has 2 aromatic carbocycles. The van der Waals surface area contributed by atoms with Gasteiger partial charge in [-0.05, 0) is 60.4 Å². The summed E-state index contributed by atoms with van der Waals surface area (Å²) < 4.78 is 88.3. The minimum Gasteiger partial charge on any atom is -0.465 e. The van der Waals surface area contributed by atoms with Gasteiger partial charge in [-0.15, -0.1) is 0 Å². The van der Waals surface area contributed by atoms with Gasteiger partial charge >= 0.3 is 18.4 Å². The number of nitriles is 1. The average molecular weight is 635 g/mol. The zero-order valence-electron chi connectivity index (χ0n) is 23.9. The molecule has 1 fully saturated rings. The molecule has 45 heavy (non-hydrogen) atoms. The number of carboxylic acid groups (broad SMARTS) is 1. The number of anilines is 3. The van der Waals surface area contributed by atoms with Crippen molar-refractivity contribution in [3.8, 4) is 6.07 Å². The highest BCUT2D eigenvalue weighted by molar-refractivity contribution is 5.89. The van der Waals surface area contributed by atoms with E-state index in [2.05, 4.69) is 9.97 Å². The Morgan fingerprint density at radius 3 is 2.29 bits per heavy atom. The number of halogens is 6. The zero-order valence-corrected chi connectivity index (χ0v) is 23.9. The van der Waals surface area contributed by atoms with Crippen molar-refractivity contribution >= 4 is 23.4 Å². The molecular weight excluding hydrogens is 606 g/mol. The molecule has 1 amide bonds. The van der Waals surface area contributed by atoms with Crippen LogP contribution in [-0.4, -0.2) is 53.5 Å². The second kappa shape index (κ2) is 12.4. The van der Waals surface area contributed by atoms with Crippen molar-refractivity contribution in [3.05, 3.63) is 76.6 Å². The van der Waals surface area contributed by atoms with Gasteiger partial charge in [0.05, 0.1) is 65.8 Å². The molecule has 1 N–H and O–H groups in total. The van der Waals surface area contributed by atoms with Crippen LogP contribution in [0.1, 0.15) is 53.6 Å². The molecule has 2 atom stereocenters. The Kier molecular flexibility index (Phi) is 8.79. The highest BCUT2D eigenvalue weighted by Gasteiger charge is 2.41. The van der Waals surface area contributed by atoms with Crippen molar-refractivity contribution in [2.75, 3.05) is 41.0 Å². The number of rotatable bonds is 6. The number of alkyl halides is 6. The highest BCUT2D eigenvalue weighted by Crippen LogP contribution is 2.45. The molecule has 0 unspecified atom stereocenters. The topological polar surface area (TPSA) is 106 Å². The third-order valence-electron chi connectivity index (χ3n) is 7.95. The van der Waals surface area contributed by atoms with Gasteiger partial charge in [-0.2, -0.15) is 31.6 Å². The molecule has 2 aliphatic heterocycles. The van der Waals surface area contributed by atoms with Crippen molar-refractivity contribution in [1.82, 2.24) is 9.97 Å². The lowest BCUT2D eigenvalue weighted by Crippen LogP contribution is -2.47. The molecule has 2 aliphatic rings. The number of hydrogen-bond acceptors (Lipinski definition) is 7. The summed E-state index contributed by atoms with van der Waals surface area (Å²) in [5.74, 6) is 0.00918. The smallest absolute Gasteiger partial charge is 0.416 e. The fourth-order valence-corrected chi connectivity index (χ4v) is 5.78. The third-order valence-corrected chi connectivity index (χ3v) is 7.95. The Morgan fingerprint density at radius 1 is 1.04 bits per heavy atom. The maximum absolute atomic E-state index is 13.9. The van der Waals surface area contributed by atoms with Crippen LogP contribution in [0.5, 0.6) is 0 Å². The second-order valence-corrected chi connectivity index (χ2v) is 10.7. The molecule has 238 valence electrons. The Hall–Kier alpha value is -4.58. The lowest BCUT2D eigenvalue weighted by Gasteiger charge is -2.43. The molecule has 9 nitrogen and oxygen atoms in total. The highest BCUT2D eigenvalue weighted by atomic mass is 19.4. The molecule has 0 bridgehead atoms. The first kappa shape index (κ1) is 31.8. The number of aromatic nitrogens is 2. The Bertz CT molecular complexity index is 1580. The van der Waals surface area contributed by atoms with Crippen LogP contribution in [0.15, 0.2) is 48.8 Å². The molecule has 3 heterocycles. The van der Waals surface area contributed by atoms with Crippen LogP contribution in [0.3, 0.4) is 0 Å². The second-order valence-electron chi connectivity index (χ2n) is 10.7. The van der Waals surface area contributed by atoms with Gasteiger partial charge in [0, 0.05) is 25.7 Å². The molecule has 0 spiro atoms. The number of amides is 1. The van der Waals surface area contributed by atoms with E-state index in [1.807, 2.05) is 4.90 Å². The summed E-state index contributed by atoms with van der Waals surface area (Å²) in [7, 11) is 0. The largest absolute Gasteiger partial charge is 0.465 e. The predicted octanol–water partition coefficient (Wildman–Crippen LogP) is 6.64. The molecule has 0 saturated carbocycles. The zero-order chi connectivity index (χ0) is 32.5. The van der Waals surface area contributed by atoms with Crippen LogP contribution in [0.4, 0.5) is 48.5 Å². The minimum absolute atomic E-state index is 0.00421. The predicted molar refractivity (Wildman–Crippen MR) is 151 cm³/mol. The molecule has 15 heteroatoms. The van der Waals surface area contributed by atoms with E-state index in [9.17, 15) is 41.5 Å². The number of carbonyl (C=O) groups is 1. The quantitative estimate of drug-likeness (QED) is 0.301. The van der Waals surface area contributed by atoms with Gasteiger partial charge in [0.25, 0.3) is 0 Å². The van der Waals surface area contributed by atoms with E-state index in [1.165, 1.54) is 23.4 Å². The molecule has 0 aliphatic carbocycles. The van der Waals surface area contributed by atoms with E-state index in [1.54, 1.807) is 13.0 Å². The van der Waals surface area contributed by atoms with Gasteiger partial charge in [-0.1, -0.05) is 6.92 Å². The van der Waals surface area contributed by atoms with Gasteiger partial charge in [0.15, 0.2) is 0 Å². The summed E-state index contributed by atoms with van der Waals surface area (Å²) in [6.07, 6.45) is -7.54. The van der Waals surface area contributed by atoms with Gasteiger partial charge in [-0.3, -0.25) is 4.90 Å². The Morgan fingerprint density at radius 2 is 1.71 bits per heavy atom. The maximum Gasteiger partial charge on any atom is 0.416 e. The maximum atomic E-state index is 13.9. The number of ether oxygens (including phenoxy) is 1. The van der Waals surface area contributed by atoms with Crippen molar-refractivity contribution < 1.29 is 41.0 Å². The van der Waals surface area contributed by atoms with Crippen molar-refractivity contribution in [2.45, 2.75) is 50.7 Å². The average Bonchev–Trinajstić information content (AvgIpc) is 3.02. The summed E-state index contributed by atoms with van der Waals surface area (Å²) in [6.45, 7) is 3.54. The summed E-state index contributed by atoms with van der Waals surface area (Å²) in [5.41, 5.74) is -1.60. The van der Waals surface area contributed by atoms with Crippen molar-refractivity contribution in [3.63, 3.8) is 0 Å². The Balaban J connectivity index is 1.67. The molecule has 1 aromatic heterocycles. The van der Waals surface area contributed by atoms with E-state index in [-0.39, 0.29) is 41.3 Å². The first-order chi connectivity index (χ1) is 21.3. The van der Waals surface area contributed by atoms with Crippen molar-refractivity contribution in [1.29, 1.82) is 5.26 Å². The van der Waals surface area contributed by atoms with Crippen LogP contribution in [0.25, 0.3) is 0 Å². The summed E-state index contributed by atoms with van der Waals surface area (Å²) in [6, 6.07) is 5.68.